The molecule has 2 aromatic carbocycles. The topological polar surface area (TPSA) is 60.5 Å². The van der Waals surface area contributed by atoms with Gasteiger partial charge in [-0.3, -0.25) is 9.78 Å². The second-order valence-corrected chi connectivity index (χ2v) is 8.56. The number of hydrogen-bond acceptors (Lipinski definition) is 5. The Morgan fingerprint density at radius 2 is 1.97 bits per heavy atom. The molecule has 0 radical (unpaired) electrons. The second kappa shape index (κ2) is 9.14. The standard InChI is InChI=1S/C23H23ClN2O3S/c1-28-15-8-10-21(29-2)20(12-15)26-22(27)13-30-23-16-5-3-4-6-18(16)25-19-9-7-14(24)11-17(19)23/h7-12H,3-6,13H2,1-2H3,(H,26,27). The molecule has 0 spiro atoms. The minimum absolute atomic E-state index is 0.108. The third kappa shape index (κ3) is 4.35. The van der Waals surface area contributed by atoms with Crippen LogP contribution in [0.3, 0.4) is 0 Å². The lowest BCUT2D eigenvalue weighted by molar-refractivity contribution is -0.113. The molecule has 156 valence electrons. The van der Waals surface area contributed by atoms with E-state index in [0.29, 0.717) is 22.2 Å². The van der Waals surface area contributed by atoms with E-state index in [1.807, 2.05) is 18.2 Å². The Kier molecular flexibility index (Phi) is 6.35. The number of ether oxygens (including phenoxy) is 2. The molecule has 30 heavy (non-hydrogen) atoms. The summed E-state index contributed by atoms with van der Waals surface area (Å²) in [4.78, 5) is 18.7. The molecule has 4 rings (SSSR count). The van der Waals surface area contributed by atoms with Gasteiger partial charge in [0.15, 0.2) is 0 Å². The second-order valence-electron chi connectivity index (χ2n) is 7.14. The van der Waals surface area contributed by atoms with Crippen molar-refractivity contribution >= 4 is 45.9 Å². The van der Waals surface area contributed by atoms with E-state index in [9.17, 15) is 4.79 Å². The number of aryl methyl sites for hydroxylation is 1. The number of fused-ring (bicyclic) bond motifs is 2. The molecule has 1 aliphatic rings. The van der Waals surface area contributed by atoms with E-state index in [-0.39, 0.29) is 11.7 Å². The van der Waals surface area contributed by atoms with Crippen LogP contribution >= 0.6 is 23.4 Å². The van der Waals surface area contributed by atoms with Gasteiger partial charge in [0.1, 0.15) is 11.5 Å². The highest BCUT2D eigenvalue weighted by atomic mass is 35.5. The van der Waals surface area contributed by atoms with E-state index < -0.39 is 0 Å². The molecule has 1 aliphatic carbocycles. The van der Waals surface area contributed by atoms with Crippen LogP contribution in [0.1, 0.15) is 24.1 Å². The summed E-state index contributed by atoms with van der Waals surface area (Å²) in [7, 11) is 3.16. The Morgan fingerprint density at radius 3 is 2.77 bits per heavy atom. The van der Waals surface area contributed by atoms with Crippen molar-refractivity contribution in [2.45, 2.75) is 30.6 Å². The molecule has 1 aromatic heterocycles. The van der Waals surface area contributed by atoms with Crippen LogP contribution in [0.2, 0.25) is 5.02 Å². The van der Waals surface area contributed by atoms with Crippen molar-refractivity contribution in [3.05, 3.63) is 52.7 Å². The molecule has 1 N–H and O–H groups in total. The number of benzene rings is 2. The molecule has 0 atom stereocenters. The Morgan fingerprint density at radius 1 is 1.13 bits per heavy atom. The number of methoxy groups -OCH3 is 2. The van der Waals surface area contributed by atoms with E-state index in [1.54, 1.807) is 44.2 Å². The monoisotopic (exact) mass is 442 g/mol. The van der Waals surface area contributed by atoms with E-state index >= 15 is 0 Å². The molecule has 0 aliphatic heterocycles. The van der Waals surface area contributed by atoms with Gasteiger partial charge in [-0.05, 0) is 61.6 Å². The maximum Gasteiger partial charge on any atom is 0.234 e. The third-order valence-corrected chi connectivity index (χ3v) is 6.60. The molecule has 0 bridgehead atoms. The first-order valence-electron chi connectivity index (χ1n) is 9.84. The number of nitrogens with zero attached hydrogens (tertiary/aromatic N) is 1. The number of pyridine rings is 1. The average molecular weight is 443 g/mol. The molecule has 1 amide bonds. The molecule has 0 saturated heterocycles. The van der Waals surface area contributed by atoms with Gasteiger partial charge in [0.2, 0.25) is 5.91 Å². The molecule has 5 nitrogen and oxygen atoms in total. The van der Waals surface area contributed by atoms with Gasteiger partial charge in [-0.15, -0.1) is 11.8 Å². The van der Waals surface area contributed by atoms with Crippen LogP contribution in [-0.2, 0) is 17.6 Å². The van der Waals surface area contributed by atoms with Crippen molar-refractivity contribution in [1.82, 2.24) is 4.98 Å². The fraction of sp³-hybridized carbons (Fsp3) is 0.304. The summed E-state index contributed by atoms with van der Waals surface area (Å²) in [6.07, 6.45) is 4.26. The van der Waals surface area contributed by atoms with Crippen molar-refractivity contribution in [2.75, 3.05) is 25.3 Å². The number of nitrogens with one attached hydrogen (secondary N) is 1. The third-order valence-electron chi connectivity index (χ3n) is 5.20. The first-order chi connectivity index (χ1) is 14.6. The van der Waals surface area contributed by atoms with Gasteiger partial charge in [0.25, 0.3) is 0 Å². The molecule has 1 heterocycles. The highest BCUT2D eigenvalue weighted by Gasteiger charge is 2.20. The van der Waals surface area contributed by atoms with Crippen LogP contribution < -0.4 is 14.8 Å². The lowest BCUT2D eigenvalue weighted by Crippen LogP contribution is -2.15. The maximum atomic E-state index is 12.8. The number of amides is 1. The lowest BCUT2D eigenvalue weighted by Gasteiger charge is -2.20. The van der Waals surface area contributed by atoms with Crippen molar-refractivity contribution in [3.63, 3.8) is 0 Å². The predicted octanol–water partition coefficient (Wildman–Crippen LogP) is 5.52. The Labute approximate surface area is 185 Å². The highest BCUT2D eigenvalue weighted by Crippen LogP contribution is 2.37. The molecular formula is C23H23ClN2O3S. The molecule has 0 fully saturated rings. The van der Waals surface area contributed by atoms with Gasteiger partial charge in [-0.2, -0.15) is 0 Å². The Bertz CT molecular complexity index is 1100. The fourth-order valence-corrected chi connectivity index (χ4v) is 4.99. The van der Waals surface area contributed by atoms with E-state index in [1.165, 1.54) is 5.56 Å². The first kappa shape index (κ1) is 20.8. The van der Waals surface area contributed by atoms with Crippen LogP contribution in [0.25, 0.3) is 10.9 Å². The number of anilines is 1. The number of carbonyl (C=O) groups is 1. The van der Waals surface area contributed by atoms with Crippen LogP contribution in [0.15, 0.2) is 41.3 Å². The molecule has 3 aromatic rings. The van der Waals surface area contributed by atoms with Crippen LogP contribution in [0.5, 0.6) is 11.5 Å². The van der Waals surface area contributed by atoms with Crippen molar-refractivity contribution in [2.24, 2.45) is 0 Å². The quantitative estimate of drug-likeness (QED) is 0.509. The zero-order valence-corrected chi connectivity index (χ0v) is 18.5. The molecular weight excluding hydrogens is 420 g/mol. The molecule has 0 saturated carbocycles. The molecule has 0 unspecified atom stereocenters. The zero-order valence-electron chi connectivity index (χ0n) is 17.0. The summed E-state index contributed by atoms with van der Waals surface area (Å²) in [5.41, 5.74) is 3.92. The zero-order chi connectivity index (χ0) is 21.1. The van der Waals surface area contributed by atoms with Crippen molar-refractivity contribution < 1.29 is 14.3 Å². The van der Waals surface area contributed by atoms with Crippen LogP contribution in [-0.4, -0.2) is 30.9 Å². The average Bonchev–Trinajstić information content (AvgIpc) is 2.76. The number of rotatable bonds is 6. The summed E-state index contributed by atoms with van der Waals surface area (Å²) in [6, 6.07) is 11.1. The Balaban J connectivity index is 1.59. The van der Waals surface area contributed by atoms with E-state index in [0.717, 1.165) is 47.2 Å². The lowest BCUT2D eigenvalue weighted by atomic mass is 9.94. The number of thioether (sulfide) groups is 1. The summed E-state index contributed by atoms with van der Waals surface area (Å²) in [5.74, 6) is 1.41. The van der Waals surface area contributed by atoms with Gasteiger partial charge in [0, 0.05) is 27.1 Å². The maximum absolute atomic E-state index is 12.8. The predicted molar refractivity (Wildman–Crippen MR) is 122 cm³/mol. The summed E-state index contributed by atoms with van der Waals surface area (Å²) >= 11 is 7.80. The van der Waals surface area contributed by atoms with Gasteiger partial charge in [-0.25, -0.2) is 0 Å². The summed E-state index contributed by atoms with van der Waals surface area (Å²) in [5, 5.41) is 4.63. The minimum Gasteiger partial charge on any atom is -0.497 e. The van der Waals surface area contributed by atoms with Crippen molar-refractivity contribution in [1.29, 1.82) is 0 Å². The summed E-state index contributed by atoms with van der Waals surface area (Å²) < 4.78 is 10.6. The van der Waals surface area contributed by atoms with Crippen molar-refractivity contribution in [3.8, 4) is 11.5 Å². The Hall–Kier alpha value is -2.44. The van der Waals surface area contributed by atoms with Gasteiger partial charge in [-0.1, -0.05) is 11.6 Å². The number of carbonyl (C=O) groups excluding carboxylic acids is 1. The smallest absolute Gasteiger partial charge is 0.234 e. The van der Waals surface area contributed by atoms with Gasteiger partial charge >= 0.3 is 0 Å². The first-order valence-corrected chi connectivity index (χ1v) is 11.2. The summed E-state index contributed by atoms with van der Waals surface area (Å²) in [6.45, 7) is 0. The van der Waals surface area contributed by atoms with E-state index in [4.69, 9.17) is 26.1 Å². The fourth-order valence-electron chi connectivity index (χ4n) is 3.75. The van der Waals surface area contributed by atoms with Crippen LogP contribution in [0, 0.1) is 0 Å². The number of aromatic nitrogens is 1. The van der Waals surface area contributed by atoms with E-state index in [2.05, 4.69) is 5.32 Å². The normalized spacial score (nSPS) is 13.0. The number of halogens is 1. The molecule has 7 heteroatoms. The highest BCUT2D eigenvalue weighted by molar-refractivity contribution is 8.00. The largest absolute Gasteiger partial charge is 0.497 e. The SMILES string of the molecule is COc1ccc(OC)c(NC(=O)CSc2c3c(nc4ccc(Cl)cc24)CCCC3)c1. The number of hydrogen-bond donors (Lipinski definition) is 1. The van der Waals surface area contributed by atoms with Gasteiger partial charge in [0.05, 0.1) is 31.2 Å². The van der Waals surface area contributed by atoms with Gasteiger partial charge < -0.3 is 14.8 Å². The van der Waals surface area contributed by atoms with Crippen LogP contribution in [0.4, 0.5) is 5.69 Å². The minimum atomic E-state index is -0.108.